The van der Waals surface area contributed by atoms with Crippen molar-refractivity contribution in [1.82, 2.24) is 9.38 Å². The lowest BCUT2D eigenvalue weighted by Crippen LogP contribution is -2.17. The highest BCUT2D eigenvalue weighted by atomic mass is 79.9. The Morgan fingerprint density at radius 3 is 2.54 bits per heavy atom. The number of hydrogen-bond acceptors (Lipinski definition) is 3. The zero-order valence-corrected chi connectivity index (χ0v) is 16.7. The van der Waals surface area contributed by atoms with Crippen LogP contribution in [0.25, 0.3) is 27.2 Å². The molecule has 0 bridgehead atoms. The molecule has 3 heterocycles. The van der Waals surface area contributed by atoms with Crippen molar-refractivity contribution >= 4 is 43.1 Å². The minimum atomic E-state index is -0.0457. The van der Waals surface area contributed by atoms with Gasteiger partial charge in [0.25, 0.3) is 0 Å². The molecule has 136 valence electrons. The zero-order valence-electron chi connectivity index (χ0n) is 15.1. The first kappa shape index (κ1) is 17.1. The Morgan fingerprint density at radius 1 is 1.00 bits per heavy atom. The van der Waals surface area contributed by atoms with E-state index in [-0.39, 0.29) is 10.9 Å². The van der Waals surface area contributed by atoms with Gasteiger partial charge in [-0.15, -0.1) is 0 Å². The van der Waals surface area contributed by atoms with Crippen LogP contribution >= 0.6 is 15.9 Å². The monoisotopic (exact) mass is 430 g/mol. The number of benzene rings is 2. The van der Waals surface area contributed by atoms with Crippen molar-refractivity contribution in [2.45, 2.75) is 13.3 Å². The number of aromatic nitrogens is 2. The normalized spacial score (nSPS) is 11.6. The summed E-state index contributed by atoms with van der Waals surface area (Å²) in [5.74, 6) is 0. The first-order valence-corrected chi connectivity index (χ1v) is 9.74. The molecule has 0 aliphatic carbocycles. The van der Waals surface area contributed by atoms with Gasteiger partial charge in [0, 0.05) is 51.2 Å². The zero-order chi connectivity index (χ0) is 19.4. The van der Waals surface area contributed by atoms with Crippen LogP contribution in [0.4, 0.5) is 0 Å². The molecule has 4 nitrogen and oxygen atoms in total. The van der Waals surface area contributed by atoms with E-state index in [9.17, 15) is 9.59 Å². The third-order valence-electron chi connectivity index (χ3n) is 5.14. The number of fused-ring (bicyclic) bond motifs is 2. The second kappa shape index (κ2) is 6.24. The predicted molar refractivity (Wildman–Crippen MR) is 116 cm³/mol. The molecule has 0 N–H and O–H groups in total. The van der Waals surface area contributed by atoms with E-state index in [1.165, 1.54) is 0 Å². The third kappa shape index (κ3) is 2.54. The predicted octanol–water partition coefficient (Wildman–Crippen LogP) is 4.46. The van der Waals surface area contributed by atoms with Gasteiger partial charge in [0.2, 0.25) is 0 Å². The van der Waals surface area contributed by atoms with E-state index < -0.39 is 0 Å². The standard InChI is InChI=1S/C23H15BrN2O2/c1-13-7-18-21-19(8-13)23(28)17-5-4-16(24)10-20(17)26(21)12-15(22(18)27)9-14-3-2-6-25-11-14/h2-8,10-12H,9H2,1H3. The quantitative estimate of drug-likeness (QED) is 0.306. The Bertz CT molecular complexity index is 1490. The molecule has 0 saturated heterocycles. The van der Waals surface area contributed by atoms with Crippen LogP contribution in [0, 0.1) is 6.92 Å². The van der Waals surface area contributed by atoms with Crippen LogP contribution in [0.5, 0.6) is 0 Å². The van der Waals surface area contributed by atoms with Crippen LogP contribution in [0.1, 0.15) is 16.7 Å². The third-order valence-corrected chi connectivity index (χ3v) is 5.64. The van der Waals surface area contributed by atoms with E-state index in [0.717, 1.165) is 21.1 Å². The summed E-state index contributed by atoms with van der Waals surface area (Å²) in [6.45, 7) is 1.91. The smallest absolute Gasteiger partial charge is 0.197 e. The number of hydrogen-bond donors (Lipinski definition) is 0. The van der Waals surface area contributed by atoms with E-state index in [4.69, 9.17) is 0 Å². The molecule has 0 aliphatic rings. The summed E-state index contributed by atoms with van der Waals surface area (Å²) in [5.41, 5.74) is 3.94. The van der Waals surface area contributed by atoms with Gasteiger partial charge < -0.3 is 4.40 Å². The fraction of sp³-hybridized carbons (Fsp3) is 0.0870. The van der Waals surface area contributed by atoms with Crippen molar-refractivity contribution in [3.05, 3.63) is 103 Å². The maximum Gasteiger partial charge on any atom is 0.197 e. The molecule has 0 spiro atoms. The Morgan fingerprint density at radius 2 is 1.79 bits per heavy atom. The number of nitrogens with zero attached hydrogens (tertiary/aromatic N) is 2. The lowest BCUT2D eigenvalue weighted by Gasteiger charge is -2.14. The van der Waals surface area contributed by atoms with Gasteiger partial charge in [-0.2, -0.15) is 0 Å². The second-order valence-electron chi connectivity index (χ2n) is 7.09. The van der Waals surface area contributed by atoms with E-state index in [1.807, 2.05) is 60.0 Å². The van der Waals surface area contributed by atoms with Crippen LogP contribution in [0.3, 0.4) is 0 Å². The van der Waals surface area contributed by atoms with Crippen molar-refractivity contribution in [3.8, 4) is 0 Å². The van der Waals surface area contributed by atoms with Crippen molar-refractivity contribution < 1.29 is 0 Å². The van der Waals surface area contributed by atoms with Gasteiger partial charge in [-0.3, -0.25) is 14.6 Å². The van der Waals surface area contributed by atoms with Crippen LogP contribution < -0.4 is 10.9 Å². The Balaban J connectivity index is 1.98. The molecule has 5 aromatic rings. The average molecular weight is 431 g/mol. The fourth-order valence-corrected chi connectivity index (χ4v) is 4.27. The summed E-state index contributed by atoms with van der Waals surface area (Å²) in [5, 5.41) is 1.80. The summed E-state index contributed by atoms with van der Waals surface area (Å²) in [7, 11) is 0. The summed E-state index contributed by atoms with van der Waals surface area (Å²) in [6, 6.07) is 13.2. The largest absolute Gasteiger partial charge is 0.314 e. The maximum absolute atomic E-state index is 13.3. The van der Waals surface area contributed by atoms with Crippen LogP contribution in [-0.2, 0) is 6.42 Å². The lowest BCUT2D eigenvalue weighted by molar-refractivity contribution is 1.09. The van der Waals surface area contributed by atoms with Gasteiger partial charge in [0.1, 0.15) is 0 Å². The molecular formula is C23H15BrN2O2. The molecule has 0 radical (unpaired) electrons. The van der Waals surface area contributed by atoms with Gasteiger partial charge in [-0.05, 0) is 54.4 Å². The van der Waals surface area contributed by atoms with Crippen molar-refractivity contribution in [3.63, 3.8) is 0 Å². The summed E-state index contributed by atoms with van der Waals surface area (Å²) >= 11 is 3.50. The highest BCUT2D eigenvalue weighted by Gasteiger charge is 2.16. The average Bonchev–Trinajstić information content (AvgIpc) is 2.69. The molecule has 0 unspecified atom stereocenters. The molecule has 0 fully saturated rings. The van der Waals surface area contributed by atoms with E-state index in [0.29, 0.717) is 33.7 Å². The van der Waals surface area contributed by atoms with Crippen molar-refractivity contribution in [2.24, 2.45) is 0 Å². The van der Waals surface area contributed by atoms with E-state index in [1.54, 1.807) is 12.4 Å². The number of pyridine rings is 3. The minimum absolute atomic E-state index is 0.0358. The molecule has 3 aromatic heterocycles. The van der Waals surface area contributed by atoms with Gasteiger partial charge in [0.05, 0.1) is 11.0 Å². The Kier molecular flexibility index (Phi) is 3.81. The van der Waals surface area contributed by atoms with Crippen molar-refractivity contribution in [2.75, 3.05) is 0 Å². The fourth-order valence-electron chi connectivity index (χ4n) is 3.92. The number of rotatable bonds is 2. The molecule has 0 amide bonds. The summed E-state index contributed by atoms with van der Waals surface area (Å²) in [4.78, 5) is 30.5. The van der Waals surface area contributed by atoms with E-state index >= 15 is 0 Å². The molecule has 5 heteroatoms. The van der Waals surface area contributed by atoms with Gasteiger partial charge in [-0.25, -0.2) is 0 Å². The van der Waals surface area contributed by atoms with Crippen LogP contribution in [0.15, 0.2) is 75.1 Å². The van der Waals surface area contributed by atoms with Gasteiger partial charge >= 0.3 is 0 Å². The molecule has 2 aromatic carbocycles. The van der Waals surface area contributed by atoms with Crippen LogP contribution in [0.2, 0.25) is 0 Å². The first-order chi connectivity index (χ1) is 13.5. The van der Waals surface area contributed by atoms with Gasteiger partial charge in [-0.1, -0.05) is 22.0 Å². The SMILES string of the molecule is Cc1cc2c(=O)c(Cc3cccnc3)cn3c4cc(Br)ccc4c(=O)c(c1)c23. The maximum atomic E-state index is 13.3. The molecule has 28 heavy (non-hydrogen) atoms. The molecule has 0 atom stereocenters. The van der Waals surface area contributed by atoms with Gasteiger partial charge in [0.15, 0.2) is 10.9 Å². The molecular weight excluding hydrogens is 416 g/mol. The summed E-state index contributed by atoms with van der Waals surface area (Å²) < 4.78 is 2.87. The number of aryl methyl sites for hydroxylation is 1. The summed E-state index contributed by atoms with van der Waals surface area (Å²) in [6.07, 6.45) is 5.85. The molecule has 0 saturated carbocycles. The Hall–Kier alpha value is -3.05. The highest BCUT2D eigenvalue weighted by Crippen LogP contribution is 2.26. The topological polar surface area (TPSA) is 51.4 Å². The first-order valence-electron chi connectivity index (χ1n) is 8.95. The Labute approximate surface area is 168 Å². The highest BCUT2D eigenvalue weighted by molar-refractivity contribution is 9.10. The molecule has 5 rings (SSSR count). The van der Waals surface area contributed by atoms with Crippen molar-refractivity contribution in [1.29, 1.82) is 0 Å². The van der Waals surface area contributed by atoms with Crippen LogP contribution in [-0.4, -0.2) is 9.38 Å². The lowest BCUT2D eigenvalue weighted by atomic mass is 10.00. The number of halogens is 1. The second-order valence-corrected chi connectivity index (χ2v) is 8.01. The minimum Gasteiger partial charge on any atom is -0.314 e. The molecule has 0 aliphatic heterocycles. The van der Waals surface area contributed by atoms with E-state index in [2.05, 4.69) is 20.9 Å².